The highest BCUT2D eigenvalue weighted by atomic mass is 16.6. The van der Waals surface area contributed by atoms with Crippen molar-refractivity contribution < 1.29 is 19.4 Å². The van der Waals surface area contributed by atoms with E-state index >= 15 is 0 Å². The molecule has 0 aromatic heterocycles. The second kappa shape index (κ2) is 6.82. The van der Waals surface area contributed by atoms with Gasteiger partial charge in [-0.2, -0.15) is 0 Å². The summed E-state index contributed by atoms with van der Waals surface area (Å²) in [4.78, 5) is 10.7. The number of hydrogen-bond acceptors (Lipinski definition) is 4. The summed E-state index contributed by atoms with van der Waals surface area (Å²) in [6.45, 7) is 5.75. The fourth-order valence-electron chi connectivity index (χ4n) is 0.483. The number of ether oxygens (including phenoxy) is 2. The molecule has 4 heteroatoms. The highest BCUT2D eigenvalue weighted by Crippen LogP contribution is 1.91. The van der Waals surface area contributed by atoms with E-state index in [1.54, 1.807) is 6.92 Å². The van der Waals surface area contributed by atoms with E-state index in [1.165, 1.54) is 0 Å². The zero-order valence-electron chi connectivity index (χ0n) is 7.21. The van der Waals surface area contributed by atoms with Gasteiger partial charge in [0.05, 0.1) is 19.8 Å². The largest absolute Gasteiger partial charge is 0.460 e. The molecule has 0 aliphatic rings. The van der Waals surface area contributed by atoms with Gasteiger partial charge in [0.25, 0.3) is 0 Å². The van der Waals surface area contributed by atoms with Crippen LogP contribution in [0.5, 0.6) is 0 Å². The maximum absolute atomic E-state index is 10.7. The topological polar surface area (TPSA) is 55.8 Å². The Labute approximate surface area is 71.8 Å². The van der Waals surface area contributed by atoms with E-state index in [0.717, 1.165) is 0 Å². The van der Waals surface area contributed by atoms with Gasteiger partial charge in [0.15, 0.2) is 0 Å². The minimum Gasteiger partial charge on any atom is -0.460 e. The second-order valence-corrected chi connectivity index (χ2v) is 2.25. The molecule has 0 saturated carbocycles. The first-order valence-electron chi connectivity index (χ1n) is 3.69. The third kappa shape index (κ3) is 5.88. The number of esters is 1. The highest BCUT2D eigenvalue weighted by Gasteiger charge is 2.01. The van der Waals surface area contributed by atoms with Crippen LogP contribution in [0, 0.1) is 0 Å². The number of carbonyl (C=O) groups excluding carboxylic acids is 1. The summed E-state index contributed by atoms with van der Waals surface area (Å²) in [5.41, 5.74) is 0.372. The maximum atomic E-state index is 10.7. The summed E-state index contributed by atoms with van der Waals surface area (Å²) in [5.74, 6) is -0.414. The number of aliphatic hydroxyl groups excluding tert-OH is 1. The molecule has 0 aliphatic heterocycles. The van der Waals surface area contributed by atoms with Gasteiger partial charge in [0.2, 0.25) is 0 Å². The van der Waals surface area contributed by atoms with Gasteiger partial charge in [-0.3, -0.25) is 0 Å². The number of carbonyl (C=O) groups is 1. The molecule has 0 rings (SSSR count). The second-order valence-electron chi connectivity index (χ2n) is 2.25. The molecule has 0 heterocycles. The summed E-state index contributed by atoms with van der Waals surface area (Å²) in [5, 5.41) is 8.32. The highest BCUT2D eigenvalue weighted by molar-refractivity contribution is 5.86. The molecule has 0 radical (unpaired) electrons. The molecule has 70 valence electrons. The van der Waals surface area contributed by atoms with Crippen LogP contribution in [0.25, 0.3) is 0 Å². The van der Waals surface area contributed by atoms with E-state index in [2.05, 4.69) is 6.58 Å². The van der Waals surface area contributed by atoms with Crippen LogP contribution in [0.3, 0.4) is 0 Å². The first-order chi connectivity index (χ1) is 5.68. The molecular formula is C8H14O4. The van der Waals surface area contributed by atoms with Gasteiger partial charge in [0, 0.05) is 5.57 Å². The van der Waals surface area contributed by atoms with E-state index in [-0.39, 0.29) is 19.8 Å². The smallest absolute Gasteiger partial charge is 0.333 e. The Morgan fingerprint density at radius 1 is 1.42 bits per heavy atom. The monoisotopic (exact) mass is 174 g/mol. The Morgan fingerprint density at radius 3 is 2.58 bits per heavy atom. The van der Waals surface area contributed by atoms with Crippen LogP contribution >= 0.6 is 0 Å². The van der Waals surface area contributed by atoms with Crippen LogP contribution in [0.2, 0.25) is 0 Å². The van der Waals surface area contributed by atoms with Crippen molar-refractivity contribution in [1.82, 2.24) is 0 Å². The van der Waals surface area contributed by atoms with Crippen LogP contribution in [-0.4, -0.2) is 37.5 Å². The zero-order valence-corrected chi connectivity index (χ0v) is 7.21. The van der Waals surface area contributed by atoms with E-state index < -0.39 is 5.97 Å². The van der Waals surface area contributed by atoms with Crippen LogP contribution in [-0.2, 0) is 14.3 Å². The van der Waals surface area contributed by atoms with Crippen molar-refractivity contribution in [2.24, 2.45) is 0 Å². The lowest BCUT2D eigenvalue weighted by atomic mass is 10.4. The predicted molar refractivity (Wildman–Crippen MR) is 43.7 cm³/mol. The van der Waals surface area contributed by atoms with Crippen molar-refractivity contribution in [3.8, 4) is 0 Å². The summed E-state index contributed by atoms with van der Waals surface area (Å²) < 4.78 is 9.56. The Morgan fingerprint density at radius 2 is 2.08 bits per heavy atom. The average molecular weight is 174 g/mol. The van der Waals surface area contributed by atoms with Crippen molar-refractivity contribution in [2.45, 2.75) is 6.92 Å². The fraction of sp³-hybridized carbons (Fsp3) is 0.625. The van der Waals surface area contributed by atoms with Crippen molar-refractivity contribution in [3.63, 3.8) is 0 Å². The Hall–Kier alpha value is -0.870. The van der Waals surface area contributed by atoms with Crippen molar-refractivity contribution in [2.75, 3.05) is 26.4 Å². The summed E-state index contributed by atoms with van der Waals surface area (Å²) in [7, 11) is 0. The standard InChI is InChI=1S/C8H14O4/c1-7(2)8(10)12-6-5-11-4-3-9/h9H,1,3-6H2,2H3. The van der Waals surface area contributed by atoms with Crippen molar-refractivity contribution in [3.05, 3.63) is 12.2 Å². The maximum Gasteiger partial charge on any atom is 0.333 e. The van der Waals surface area contributed by atoms with Crippen LogP contribution in [0.4, 0.5) is 0 Å². The SMILES string of the molecule is C=C(C)C(=O)OCCOCCO. The minimum absolute atomic E-state index is 0.0194. The normalized spacial score (nSPS) is 9.50. The molecule has 1 N–H and O–H groups in total. The molecule has 0 amide bonds. The Kier molecular flexibility index (Phi) is 6.32. The van der Waals surface area contributed by atoms with E-state index in [1.807, 2.05) is 0 Å². The Bertz CT molecular complexity index is 153. The first kappa shape index (κ1) is 11.1. The summed E-state index contributed by atoms with van der Waals surface area (Å²) >= 11 is 0. The van der Waals surface area contributed by atoms with Crippen molar-refractivity contribution in [1.29, 1.82) is 0 Å². The van der Waals surface area contributed by atoms with Gasteiger partial charge in [-0.1, -0.05) is 6.58 Å². The van der Waals surface area contributed by atoms with Crippen LogP contribution < -0.4 is 0 Å². The van der Waals surface area contributed by atoms with Gasteiger partial charge in [0.1, 0.15) is 6.61 Å². The fourth-order valence-corrected chi connectivity index (χ4v) is 0.483. The molecule has 0 saturated heterocycles. The van der Waals surface area contributed by atoms with E-state index in [9.17, 15) is 4.79 Å². The number of hydrogen-bond donors (Lipinski definition) is 1. The number of aliphatic hydroxyl groups is 1. The van der Waals surface area contributed by atoms with Crippen LogP contribution in [0.1, 0.15) is 6.92 Å². The molecule has 0 bridgehead atoms. The lowest BCUT2D eigenvalue weighted by Crippen LogP contribution is -2.12. The summed E-state index contributed by atoms with van der Waals surface area (Å²) in [6.07, 6.45) is 0. The van der Waals surface area contributed by atoms with E-state index in [0.29, 0.717) is 12.2 Å². The van der Waals surface area contributed by atoms with Gasteiger partial charge in [-0.05, 0) is 6.92 Å². The molecule has 0 aliphatic carbocycles. The lowest BCUT2D eigenvalue weighted by Gasteiger charge is -2.03. The molecule has 0 aromatic carbocycles. The molecule has 12 heavy (non-hydrogen) atoms. The molecule has 0 spiro atoms. The van der Waals surface area contributed by atoms with Gasteiger partial charge >= 0.3 is 5.97 Å². The summed E-state index contributed by atoms with van der Waals surface area (Å²) in [6, 6.07) is 0. The van der Waals surface area contributed by atoms with Gasteiger partial charge in [-0.25, -0.2) is 4.79 Å². The Balaban J connectivity index is 3.20. The molecule has 4 nitrogen and oxygen atoms in total. The first-order valence-corrected chi connectivity index (χ1v) is 3.69. The molecular weight excluding hydrogens is 160 g/mol. The minimum atomic E-state index is -0.414. The average Bonchev–Trinajstić information content (AvgIpc) is 2.03. The van der Waals surface area contributed by atoms with Gasteiger partial charge < -0.3 is 14.6 Å². The van der Waals surface area contributed by atoms with Crippen molar-refractivity contribution >= 4 is 5.97 Å². The predicted octanol–water partition coefficient (Wildman–Crippen LogP) is 0.115. The molecule has 0 atom stereocenters. The third-order valence-electron chi connectivity index (χ3n) is 1.04. The molecule has 0 fully saturated rings. The quantitative estimate of drug-likeness (QED) is 0.353. The van der Waals surface area contributed by atoms with Gasteiger partial charge in [-0.15, -0.1) is 0 Å². The molecule has 0 unspecified atom stereocenters. The van der Waals surface area contributed by atoms with Crippen LogP contribution in [0.15, 0.2) is 12.2 Å². The molecule has 0 aromatic rings. The number of rotatable bonds is 6. The zero-order chi connectivity index (χ0) is 9.40. The third-order valence-corrected chi connectivity index (χ3v) is 1.04. The van der Waals surface area contributed by atoms with E-state index in [4.69, 9.17) is 14.6 Å². The lowest BCUT2D eigenvalue weighted by molar-refractivity contribution is -0.140.